The predicted octanol–water partition coefficient (Wildman–Crippen LogP) is 4.38. The van der Waals surface area contributed by atoms with Gasteiger partial charge in [-0.1, -0.05) is 31.5 Å². The number of benzene rings is 1. The van der Waals surface area contributed by atoms with E-state index in [9.17, 15) is 4.79 Å². The van der Waals surface area contributed by atoms with E-state index in [2.05, 4.69) is 32.9 Å². The molecule has 0 saturated carbocycles. The van der Waals surface area contributed by atoms with Gasteiger partial charge in [-0.25, -0.2) is 0 Å². The summed E-state index contributed by atoms with van der Waals surface area (Å²) in [5.41, 5.74) is 3.98. The molecule has 1 heterocycles. The van der Waals surface area contributed by atoms with Gasteiger partial charge in [0.25, 0.3) is 0 Å². The summed E-state index contributed by atoms with van der Waals surface area (Å²) >= 11 is 6.35. The number of carbonyl (C=O) groups excluding carboxylic acids is 1. The molecule has 0 fully saturated rings. The van der Waals surface area contributed by atoms with Crippen LogP contribution in [0.25, 0.3) is 10.9 Å². The maximum absolute atomic E-state index is 11.3. The highest BCUT2D eigenvalue weighted by Gasteiger charge is 2.17. The Morgan fingerprint density at radius 2 is 2.00 bits per heavy atom. The van der Waals surface area contributed by atoms with Gasteiger partial charge in [0.05, 0.1) is 11.1 Å². The van der Waals surface area contributed by atoms with Gasteiger partial charge in [-0.3, -0.25) is 4.79 Å². The first-order chi connectivity index (χ1) is 8.45. The lowest BCUT2D eigenvalue weighted by molar-refractivity contribution is 0.112. The van der Waals surface area contributed by atoms with Crippen molar-refractivity contribution in [2.24, 2.45) is 5.92 Å². The van der Waals surface area contributed by atoms with Crippen LogP contribution in [0.1, 0.15) is 35.3 Å². The van der Waals surface area contributed by atoms with Crippen molar-refractivity contribution < 1.29 is 4.79 Å². The highest BCUT2D eigenvalue weighted by Crippen LogP contribution is 2.32. The summed E-state index contributed by atoms with van der Waals surface area (Å²) in [4.78, 5) is 11.3. The first-order valence-corrected chi connectivity index (χ1v) is 6.57. The Kier molecular flexibility index (Phi) is 3.49. The summed E-state index contributed by atoms with van der Waals surface area (Å²) in [6, 6.07) is 4.19. The van der Waals surface area contributed by atoms with Crippen molar-refractivity contribution >= 4 is 28.8 Å². The molecule has 0 amide bonds. The lowest BCUT2D eigenvalue weighted by atomic mass is 10.1. The van der Waals surface area contributed by atoms with E-state index in [1.807, 2.05) is 11.5 Å². The van der Waals surface area contributed by atoms with Crippen LogP contribution < -0.4 is 0 Å². The summed E-state index contributed by atoms with van der Waals surface area (Å²) in [5.74, 6) is 0.485. The molecule has 2 aromatic rings. The summed E-state index contributed by atoms with van der Waals surface area (Å²) in [7, 11) is 0. The Morgan fingerprint density at radius 1 is 1.33 bits per heavy atom. The molecule has 0 unspecified atom stereocenters. The van der Waals surface area contributed by atoms with Crippen LogP contribution in [0.3, 0.4) is 0 Å². The number of hydrogen-bond donors (Lipinski definition) is 0. The fraction of sp³-hybridized carbons (Fsp3) is 0.400. The smallest absolute Gasteiger partial charge is 0.153 e. The summed E-state index contributed by atoms with van der Waals surface area (Å²) in [5, 5.41) is 1.55. The molecule has 0 aliphatic rings. The number of carbonyl (C=O) groups is 1. The van der Waals surface area contributed by atoms with Crippen LogP contribution in [0.2, 0.25) is 5.15 Å². The van der Waals surface area contributed by atoms with E-state index in [0.29, 0.717) is 16.6 Å². The Balaban J connectivity index is 2.84. The van der Waals surface area contributed by atoms with Crippen LogP contribution >= 0.6 is 11.6 Å². The first kappa shape index (κ1) is 13.2. The molecule has 3 heteroatoms. The minimum absolute atomic E-state index is 0.485. The number of aldehydes is 1. The third-order valence-electron chi connectivity index (χ3n) is 3.14. The van der Waals surface area contributed by atoms with Gasteiger partial charge in [0.15, 0.2) is 6.29 Å². The van der Waals surface area contributed by atoms with Gasteiger partial charge in [0, 0.05) is 11.9 Å². The lowest BCUT2D eigenvalue weighted by Gasteiger charge is -2.10. The van der Waals surface area contributed by atoms with Crippen LogP contribution in [-0.4, -0.2) is 10.9 Å². The molecule has 0 saturated heterocycles. The standard InChI is InChI=1S/C15H18ClNO/c1-9(2)7-17-13-6-10(3)5-11(4)14(13)12(8-18)15(17)16/h5-6,8-9H,7H2,1-4H3. The molecular weight excluding hydrogens is 246 g/mol. The lowest BCUT2D eigenvalue weighted by Crippen LogP contribution is -2.04. The van der Waals surface area contributed by atoms with E-state index >= 15 is 0 Å². The van der Waals surface area contributed by atoms with E-state index in [4.69, 9.17) is 11.6 Å². The highest BCUT2D eigenvalue weighted by molar-refractivity contribution is 6.34. The van der Waals surface area contributed by atoms with Crippen LogP contribution in [0.5, 0.6) is 0 Å². The van der Waals surface area contributed by atoms with Crippen LogP contribution in [0.15, 0.2) is 12.1 Å². The highest BCUT2D eigenvalue weighted by atomic mass is 35.5. The second-order valence-electron chi connectivity index (χ2n) is 5.30. The molecule has 0 atom stereocenters. The van der Waals surface area contributed by atoms with Crippen molar-refractivity contribution in [1.29, 1.82) is 0 Å². The number of aromatic nitrogens is 1. The molecule has 2 rings (SSSR count). The fourth-order valence-corrected chi connectivity index (χ4v) is 2.81. The predicted molar refractivity (Wildman–Crippen MR) is 76.6 cm³/mol. The molecule has 1 aromatic carbocycles. The average molecular weight is 264 g/mol. The minimum atomic E-state index is 0.485. The van der Waals surface area contributed by atoms with Crippen molar-refractivity contribution in [2.75, 3.05) is 0 Å². The van der Waals surface area contributed by atoms with Crippen molar-refractivity contribution in [3.8, 4) is 0 Å². The van der Waals surface area contributed by atoms with Gasteiger partial charge < -0.3 is 4.57 Å². The second kappa shape index (κ2) is 4.77. The Morgan fingerprint density at radius 3 is 2.56 bits per heavy atom. The molecule has 0 spiro atoms. The maximum atomic E-state index is 11.3. The molecule has 0 aliphatic carbocycles. The summed E-state index contributed by atoms with van der Waals surface area (Å²) in [6.07, 6.45) is 0.865. The van der Waals surface area contributed by atoms with Crippen LogP contribution in [0.4, 0.5) is 0 Å². The SMILES string of the molecule is Cc1cc(C)c2c(C=O)c(Cl)n(CC(C)C)c2c1. The number of aryl methyl sites for hydroxylation is 2. The number of halogens is 1. The third-order valence-corrected chi connectivity index (χ3v) is 3.55. The zero-order valence-electron chi connectivity index (χ0n) is 11.2. The molecule has 0 bridgehead atoms. The van der Waals surface area contributed by atoms with Crippen molar-refractivity contribution in [1.82, 2.24) is 4.57 Å². The molecule has 2 nitrogen and oxygen atoms in total. The molecule has 0 radical (unpaired) electrons. The van der Waals surface area contributed by atoms with Gasteiger partial charge in [-0.05, 0) is 37.0 Å². The number of rotatable bonds is 3. The molecule has 0 N–H and O–H groups in total. The maximum Gasteiger partial charge on any atom is 0.153 e. The minimum Gasteiger partial charge on any atom is -0.331 e. The second-order valence-corrected chi connectivity index (χ2v) is 5.66. The average Bonchev–Trinajstić information content (AvgIpc) is 2.52. The normalized spacial score (nSPS) is 11.4. The summed E-state index contributed by atoms with van der Waals surface area (Å²) in [6.45, 7) is 9.20. The first-order valence-electron chi connectivity index (χ1n) is 6.19. The number of hydrogen-bond acceptors (Lipinski definition) is 1. The quantitative estimate of drug-likeness (QED) is 0.753. The zero-order chi connectivity index (χ0) is 13.4. The van der Waals surface area contributed by atoms with Crippen molar-refractivity contribution in [2.45, 2.75) is 34.2 Å². The van der Waals surface area contributed by atoms with Crippen LogP contribution in [0, 0.1) is 19.8 Å². The number of nitrogens with zero attached hydrogens (tertiary/aromatic N) is 1. The fourth-order valence-electron chi connectivity index (χ4n) is 2.51. The third kappa shape index (κ3) is 2.05. The van der Waals surface area contributed by atoms with Crippen molar-refractivity contribution in [3.63, 3.8) is 0 Å². The molecule has 1 aromatic heterocycles. The molecule has 0 aliphatic heterocycles. The van der Waals surface area contributed by atoms with Gasteiger partial charge in [0.1, 0.15) is 5.15 Å². The monoisotopic (exact) mass is 263 g/mol. The van der Waals surface area contributed by atoms with Gasteiger partial charge in [-0.15, -0.1) is 0 Å². The zero-order valence-corrected chi connectivity index (χ0v) is 12.0. The van der Waals surface area contributed by atoms with Gasteiger partial charge in [-0.2, -0.15) is 0 Å². The van der Waals surface area contributed by atoms with E-state index in [1.54, 1.807) is 0 Å². The van der Waals surface area contributed by atoms with E-state index < -0.39 is 0 Å². The molecule has 18 heavy (non-hydrogen) atoms. The molecule has 96 valence electrons. The number of fused-ring (bicyclic) bond motifs is 1. The van der Waals surface area contributed by atoms with Gasteiger partial charge in [0.2, 0.25) is 0 Å². The Labute approximate surface area is 113 Å². The van der Waals surface area contributed by atoms with Gasteiger partial charge >= 0.3 is 0 Å². The van der Waals surface area contributed by atoms with E-state index in [0.717, 1.165) is 29.3 Å². The van der Waals surface area contributed by atoms with E-state index in [1.165, 1.54) is 5.56 Å². The van der Waals surface area contributed by atoms with Crippen LogP contribution in [-0.2, 0) is 6.54 Å². The molecular formula is C15H18ClNO. The van der Waals surface area contributed by atoms with E-state index in [-0.39, 0.29) is 0 Å². The Bertz CT molecular complexity index is 611. The summed E-state index contributed by atoms with van der Waals surface area (Å²) < 4.78 is 2.05. The Hall–Kier alpha value is -1.28. The largest absolute Gasteiger partial charge is 0.331 e. The van der Waals surface area contributed by atoms with Crippen molar-refractivity contribution in [3.05, 3.63) is 34.0 Å². The topological polar surface area (TPSA) is 22.0 Å².